The van der Waals surface area contributed by atoms with Gasteiger partial charge in [-0.3, -0.25) is 14.4 Å². The predicted molar refractivity (Wildman–Crippen MR) is 62.9 cm³/mol. The van der Waals surface area contributed by atoms with Gasteiger partial charge in [0.05, 0.1) is 18.9 Å². The number of hydrogen-bond acceptors (Lipinski definition) is 5. The average molecular weight is 268 g/mol. The summed E-state index contributed by atoms with van der Waals surface area (Å²) in [6.07, 6.45) is 0.385. The second kappa shape index (κ2) is 10.0. The molecule has 0 aromatic heterocycles. The molecule has 0 spiro atoms. The molecule has 3 N–H and O–H groups in total. The van der Waals surface area contributed by atoms with E-state index in [1.54, 1.807) is 6.92 Å². The van der Waals surface area contributed by atoms with E-state index in [1.165, 1.54) is 0 Å². The Morgan fingerprint density at radius 1 is 1.29 bits per heavy atom. The van der Waals surface area contributed by atoms with Crippen LogP contribution in [0.5, 0.6) is 0 Å². The molecule has 0 aliphatic heterocycles. The predicted octanol–water partition coefficient (Wildman–Crippen LogP) is 0.370. The fourth-order valence-electron chi connectivity index (χ4n) is 0.973. The van der Waals surface area contributed by atoms with E-state index in [1.807, 2.05) is 0 Å². The van der Waals surface area contributed by atoms with E-state index in [0.29, 0.717) is 6.42 Å². The largest absolute Gasteiger partial charge is 0.481 e. The number of rotatable bonds is 8. The van der Waals surface area contributed by atoms with Crippen LogP contribution >= 0.6 is 12.4 Å². The maximum atomic E-state index is 11.1. The lowest BCUT2D eigenvalue weighted by Gasteiger charge is -2.10. The molecule has 0 aliphatic rings. The molecule has 100 valence electrons. The van der Waals surface area contributed by atoms with Gasteiger partial charge in [0.25, 0.3) is 0 Å². The first-order valence-corrected chi connectivity index (χ1v) is 5.11. The van der Waals surface area contributed by atoms with Gasteiger partial charge in [-0.15, -0.1) is 12.4 Å². The summed E-state index contributed by atoms with van der Waals surface area (Å²) in [6, 6.07) is 0. The van der Waals surface area contributed by atoms with Gasteiger partial charge >= 0.3 is 11.9 Å². The van der Waals surface area contributed by atoms with Gasteiger partial charge in [-0.05, 0) is 6.42 Å². The van der Waals surface area contributed by atoms with Gasteiger partial charge in [-0.1, -0.05) is 6.92 Å². The molecule has 1 atom stereocenters. The van der Waals surface area contributed by atoms with E-state index in [-0.39, 0.29) is 44.2 Å². The normalized spacial score (nSPS) is 11.2. The third-order valence-corrected chi connectivity index (χ3v) is 2.12. The van der Waals surface area contributed by atoms with Crippen molar-refractivity contribution in [3.05, 3.63) is 0 Å². The number of esters is 1. The van der Waals surface area contributed by atoms with Crippen LogP contribution in [0, 0.1) is 5.92 Å². The molecule has 0 aromatic rings. The molecule has 0 saturated carbocycles. The Labute approximate surface area is 106 Å². The van der Waals surface area contributed by atoms with Crippen molar-refractivity contribution >= 4 is 30.1 Å². The standard InChI is InChI=1S/C10H17NO5.ClH/c1-2-7(10(14)15)6-16-9(13)4-3-8(12)5-11;/h7H,2-6,11H2,1H3,(H,14,15);1H. The van der Waals surface area contributed by atoms with Crippen LogP contribution in [-0.4, -0.2) is 36.0 Å². The number of carbonyl (C=O) groups is 3. The van der Waals surface area contributed by atoms with Crippen LogP contribution < -0.4 is 5.73 Å². The first-order chi connectivity index (χ1) is 7.51. The first kappa shape index (κ1) is 18.2. The average Bonchev–Trinajstić information content (AvgIpc) is 2.26. The van der Waals surface area contributed by atoms with Gasteiger partial charge in [-0.25, -0.2) is 0 Å². The van der Waals surface area contributed by atoms with Crippen molar-refractivity contribution in [3.8, 4) is 0 Å². The summed E-state index contributed by atoms with van der Waals surface area (Å²) < 4.78 is 4.74. The van der Waals surface area contributed by atoms with E-state index in [9.17, 15) is 14.4 Å². The fraction of sp³-hybridized carbons (Fsp3) is 0.700. The van der Waals surface area contributed by atoms with Crippen LogP contribution in [0.4, 0.5) is 0 Å². The summed E-state index contributed by atoms with van der Waals surface area (Å²) in [5.41, 5.74) is 5.06. The van der Waals surface area contributed by atoms with Crippen LogP contribution in [-0.2, 0) is 19.1 Å². The number of hydrogen-bond donors (Lipinski definition) is 2. The van der Waals surface area contributed by atoms with Crippen molar-refractivity contribution in [3.63, 3.8) is 0 Å². The smallest absolute Gasteiger partial charge is 0.309 e. The zero-order chi connectivity index (χ0) is 12.6. The molecule has 6 nitrogen and oxygen atoms in total. The van der Waals surface area contributed by atoms with Crippen LogP contribution in [0.1, 0.15) is 26.2 Å². The minimum Gasteiger partial charge on any atom is -0.481 e. The van der Waals surface area contributed by atoms with E-state index in [4.69, 9.17) is 15.6 Å². The number of carbonyl (C=O) groups excluding carboxylic acids is 2. The van der Waals surface area contributed by atoms with Crippen molar-refractivity contribution in [1.82, 2.24) is 0 Å². The summed E-state index contributed by atoms with van der Waals surface area (Å²) in [6.45, 7) is 1.45. The highest BCUT2D eigenvalue weighted by molar-refractivity contribution is 5.85. The summed E-state index contributed by atoms with van der Waals surface area (Å²) in [7, 11) is 0. The third kappa shape index (κ3) is 8.65. The number of ketones is 1. The second-order valence-corrected chi connectivity index (χ2v) is 3.37. The van der Waals surface area contributed by atoms with Crippen LogP contribution in [0.25, 0.3) is 0 Å². The topological polar surface area (TPSA) is 107 Å². The molecule has 0 fully saturated rings. The molecule has 0 aliphatic carbocycles. The van der Waals surface area contributed by atoms with Crippen molar-refractivity contribution in [2.45, 2.75) is 26.2 Å². The Morgan fingerprint density at radius 3 is 2.29 bits per heavy atom. The molecule has 0 aromatic carbocycles. The first-order valence-electron chi connectivity index (χ1n) is 5.11. The van der Waals surface area contributed by atoms with Crippen molar-refractivity contribution in [2.75, 3.05) is 13.2 Å². The van der Waals surface area contributed by atoms with Crippen molar-refractivity contribution < 1.29 is 24.2 Å². The minimum atomic E-state index is -0.992. The summed E-state index contributed by atoms with van der Waals surface area (Å²) in [5.74, 6) is -2.47. The molecule has 0 heterocycles. The number of Topliss-reactive ketones (excluding diaryl/α,β-unsaturated/α-hetero) is 1. The number of nitrogens with two attached hydrogens (primary N) is 1. The SMILES string of the molecule is CCC(COC(=O)CCC(=O)CN)C(=O)O.Cl. The lowest BCUT2D eigenvalue weighted by Crippen LogP contribution is -2.22. The fourth-order valence-corrected chi connectivity index (χ4v) is 0.973. The number of ether oxygens (including phenoxy) is 1. The quantitative estimate of drug-likeness (QED) is 0.615. The summed E-state index contributed by atoms with van der Waals surface area (Å²) >= 11 is 0. The molecule has 1 unspecified atom stereocenters. The number of aliphatic carboxylic acids is 1. The molecule has 0 saturated heterocycles. The van der Waals surface area contributed by atoms with Crippen molar-refractivity contribution in [1.29, 1.82) is 0 Å². The molecule has 0 amide bonds. The van der Waals surface area contributed by atoms with Gasteiger partial charge in [-0.2, -0.15) is 0 Å². The Balaban J connectivity index is 0. The van der Waals surface area contributed by atoms with E-state index >= 15 is 0 Å². The van der Waals surface area contributed by atoms with E-state index in [0.717, 1.165) is 0 Å². The third-order valence-electron chi connectivity index (χ3n) is 2.12. The zero-order valence-corrected chi connectivity index (χ0v) is 10.5. The van der Waals surface area contributed by atoms with E-state index < -0.39 is 17.9 Å². The van der Waals surface area contributed by atoms with Gasteiger partial charge in [0.2, 0.25) is 0 Å². The van der Waals surface area contributed by atoms with Gasteiger partial charge in [0.15, 0.2) is 0 Å². The molecule has 0 rings (SSSR count). The Kier molecular flexibility index (Phi) is 10.8. The molecule has 17 heavy (non-hydrogen) atoms. The van der Waals surface area contributed by atoms with Crippen molar-refractivity contribution in [2.24, 2.45) is 11.7 Å². The maximum Gasteiger partial charge on any atom is 0.309 e. The highest BCUT2D eigenvalue weighted by Gasteiger charge is 2.17. The van der Waals surface area contributed by atoms with Crippen LogP contribution in [0.2, 0.25) is 0 Å². The highest BCUT2D eigenvalue weighted by atomic mass is 35.5. The van der Waals surface area contributed by atoms with Gasteiger partial charge in [0, 0.05) is 6.42 Å². The highest BCUT2D eigenvalue weighted by Crippen LogP contribution is 2.04. The van der Waals surface area contributed by atoms with Gasteiger partial charge in [0.1, 0.15) is 12.4 Å². The van der Waals surface area contributed by atoms with Crippen LogP contribution in [0.3, 0.4) is 0 Å². The summed E-state index contributed by atoms with van der Waals surface area (Å²) in [4.78, 5) is 32.5. The number of halogens is 1. The molecular formula is C10H18ClNO5. The van der Waals surface area contributed by atoms with Gasteiger partial charge < -0.3 is 15.6 Å². The molecule has 0 bridgehead atoms. The molecular weight excluding hydrogens is 250 g/mol. The maximum absolute atomic E-state index is 11.1. The van der Waals surface area contributed by atoms with E-state index in [2.05, 4.69) is 0 Å². The second-order valence-electron chi connectivity index (χ2n) is 3.37. The molecule has 7 heteroatoms. The Morgan fingerprint density at radius 2 is 1.88 bits per heavy atom. The lowest BCUT2D eigenvalue weighted by atomic mass is 10.1. The summed E-state index contributed by atoms with van der Waals surface area (Å²) in [5, 5.41) is 8.68. The zero-order valence-electron chi connectivity index (χ0n) is 9.68. The van der Waals surface area contributed by atoms with Crippen LogP contribution in [0.15, 0.2) is 0 Å². The number of carboxylic acids is 1. The monoisotopic (exact) mass is 267 g/mol. The Bertz CT molecular complexity index is 269. The lowest BCUT2D eigenvalue weighted by molar-refractivity contribution is -0.151. The number of carboxylic acid groups (broad SMARTS) is 1. The minimum absolute atomic E-state index is 0. The Hall–Kier alpha value is -1.14. The molecule has 0 radical (unpaired) electrons.